The van der Waals surface area contributed by atoms with Gasteiger partial charge in [-0.1, -0.05) is 6.08 Å². The van der Waals surface area contributed by atoms with E-state index in [-0.39, 0.29) is 11.9 Å². The zero-order chi connectivity index (χ0) is 15.1. The summed E-state index contributed by atoms with van der Waals surface area (Å²) >= 11 is 0. The van der Waals surface area contributed by atoms with Crippen LogP contribution in [0.2, 0.25) is 0 Å². The molecule has 114 valence electrons. The first kappa shape index (κ1) is 15.4. The molecule has 1 unspecified atom stereocenters. The number of carbonyl (C=O) groups excluding carboxylic acids is 1. The SMILES string of the molecule is C=CCNC(=O)C(C)Nc1ccc(OC2CCCC2)cc1. The maximum atomic E-state index is 11.8. The van der Waals surface area contributed by atoms with Crippen LogP contribution in [0.25, 0.3) is 0 Å². The molecule has 1 aliphatic carbocycles. The van der Waals surface area contributed by atoms with E-state index >= 15 is 0 Å². The first-order chi connectivity index (χ1) is 10.2. The number of nitrogens with one attached hydrogen (secondary N) is 2. The zero-order valence-corrected chi connectivity index (χ0v) is 12.6. The molecule has 1 aromatic carbocycles. The number of benzene rings is 1. The summed E-state index contributed by atoms with van der Waals surface area (Å²) in [5, 5.41) is 5.94. The van der Waals surface area contributed by atoms with Gasteiger partial charge in [-0.2, -0.15) is 0 Å². The van der Waals surface area contributed by atoms with Crippen LogP contribution in [0.15, 0.2) is 36.9 Å². The summed E-state index contributed by atoms with van der Waals surface area (Å²) in [5.74, 6) is 0.859. The molecule has 1 aliphatic rings. The predicted octanol–water partition coefficient (Wildman–Crippen LogP) is 3.11. The Morgan fingerprint density at radius 3 is 2.67 bits per heavy atom. The van der Waals surface area contributed by atoms with Crippen LogP contribution in [0.4, 0.5) is 5.69 Å². The Kier molecular flexibility index (Phi) is 5.67. The van der Waals surface area contributed by atoms with E-state index in [0.29, 0.717) is 12.6 Å². The molecule has 1 fully saturated rings. The third-order valence-electron chi connectivity index (χ3n) is 3.66. The van der Waals surface area contributed by atoms with Crippen molar-refractivity contribution in [1.29, 1.82) is 0 Å². The van der Waals surface area contributed by atoms with Crippen molar-refractivity contribution in [3.05, 3.63) is 36.9 Å². The largest absolute Gasteiger partial charge is 0.490 e. The Bertz CT molecular complexity index is 464. The number of ether oxygens (including phenoxy) is 1. The lowest BCUT2D eigenvalue weighted by Crippen LogP contribution is -2.37. The molecular formula is C17H24N2O2. The molecule has 1 amide bonds. The van der Waals surface area contributed by atoms with Crippen molar-refractivity contribution >= 4 is 11.6 Å². The molecule has 2 N–H and O–H groups in total. The minimum absolute atomic E-state index is 0.0406. The van der Waals surface area contributed by atoms with Crippen LogP contribution in [0, 0.1) is 0 Å². The van der Waals surface area contributed by atoms with Crippen molar-refractivity contribution in [1.82, 2.24) is 5.32 Å². The lowest BCUT2D eigenvalue weighted by Gasteiger charge is -2.16. The van der Waals surface area contributed by atoms with Gasteiger partial charge in [-0.15, -0.1) is 6.58 Å². The highest BCUT2D eigenvalue weighted by molar-refractivity contribution is 5.84. The van der Waals surface area contributed by atoms with Crippen molar-refractivity contribution < 1.29 is 9.53 Å². The maximum Gasteiger partial charge on any atom is 0.242 e. The van der Waals surface area contributed by atoms with E-state index in [1.54, 1.807) is 6.08 Å². The highest BCUT2D eigenvalue weighted by atomic mass is 16.5. The lowest BCUT2D eigenvalue weighted by molar-refractivity contribution is -0.121. The molecule has 0 aromatic heterocycles. The van der Waals surface area contributed by atoms with Gasteiger partial charge in [0.25, 0.3) is 0 Å². The molecule has 2 rings (SSSR count). The Balaban J connectivity index is 1.83. The zero-order valence-electron chi connectivity index (χ0n) is 12.6. The summed E-state index contributed by atoms with van der Waals surface area (Å²) in [6.45, 7) is 5.90. The van der Waals surface area contributed by atoms with Gasteiger partial charge in [0.05, 0.1) is 6.10 Å². The normalized spacial score (nSPS) is 16.2. The van der Waals surface area contributed by atoms with Crippen molar-refractivity contribution in [3.63, 3.8) is 0 Å². The van der Waals surface area contributed by atoms with Crippen LogP contribution in [0.1, 0.15) is 32.6 Å². The number of anilines is 1. The predicted molar refractivity (Wildman–Crippen MR) is 85.6 cm³/mol. The van der Waals surface area contributed by atoms with Gasteiger partial charge in [-0.25, -0.2) is 0 Å². The van der Waals surface area contributed by atoms with Crippen LogP contribution >= 0.6 is 0 Å². The third-order valence-corrected chi connectivity index (χ3v) is 3.66. The molecule has 4 nitrogen and oxygen atoms in total. The van der Waals surface area contributed by atoms with Gasteiger partial charge in [0, 0.05) is 12.2 Å². The maximum absolute atomic E-state index is 11.8. The summed E-state index contributed by atoms with van der Waals surface area (Å²) in [5.41, 5.74) is 0.912. The highest BCUT2D eigenvalue weighted by Crippen LogP contribution is 2.25. The number of amides is 1. The number of hydrogen-bond donors (Lipinski definition) is 2. The first-order valence-corrected chi connectivity index (χ1v) is 7.61. The number of carbonyl (C=O) groups is 1. The quantitative estimate of drug-likeness (QED) is 0.758. The average Bonchev–Trinajstić information content (AvgIpc) is 2.99. The molecule has 0 spiro atoms. The number of rotatable bonds is 7. The molecule has 4 heteroatoms. The Labute approximate surface area is 126 Å². The summed E-state index contributed by atoms with van der Waals surface area (Å²) in [6, 6.07) is 7.51. The van der Waals surface area contributed by atoms with E-state index in [0.717, 1.165) is 24.3 Å². The molecular weight excluding hydrogens is 264 g/mol. The second-order valence-corrected chi connectivity index (χ2v) is 5.45. The fourth-order valence-electron chi connectivity index (χ4n) is 2.47. The van der Waals surface area contributed by atoms with Gasteiger partial charge in [0.15, 0.2) is 0 Å². The second kappa shape index (κ2) is 7.72. The molecule has 0 saturated heterocycles. The van der Waals surface area contributed by atoms with Crippen molar-refractivity contribution in [2.75, 3.05) is 11.9 Å². The van der Waals surface area contributed by atoms with E-state index in [1.165, 1.54) is 12.8 Å². The van der Waals surface area contributed by atoms with Crippen LogP contribution in [-0.4, -0.2) is 24.6 Å². The monoisotopic (exact) mass is 288 g/mol. The Morgan fingerprint density at radius 1 is 1.38 bits per heavy atom. The van der Waals surface area contributed by atoms with Crippen molar-refractivity contribution in [2.45, 2.75) is 44.8 Å². The van der Waals surface area contributed by atoms with E-state index in [9.17, 15) is 4.79 Å². The summed E-state index contributed by atoms with van der Waals surface area (Å²) in [7, 11) is 0. The fourth-order valence-corrected chi connectivity index (χ4v) is 2.47. The van der Waals surface area contributed by atoms with Crippen LogP contribution < -0.4 is 15.4 Å². The molecule has 1 aromatic rings. The van der Waals surface area contributed by atoms with E-state index < -0.39 is 0 Å². The topological polar surface area (TPSA) is 50.4 Å². The van der Waals surface area contributed by atoms with Crippen LogP contribution in [-0.2, 0) is 4.79 Å². The second-order valence-electron chi connectivity index (χ2n) is 5.45. The van der Waals surface area contributed by atoms with Crippen molar-refractivity contribution in [2.24, 2.45) is 0 Å². The van der Waals surface area contributed by atoms with Gasteiger partial charge < -0.3 is 15.4 Å². The molecule has 1 saturated carbocycles. The molecule has 0 radical (unpaired) electrons. The van der Waals surface area contributed by atoms with Gasteiger partial charge in [-0.05, 0) is 56.9 Å². The Morgan fingerprint density at radius 2 is 2.05 bits per heavy atom. The van der Waals surface area contributed by atoms with Crippen LogP contribution in [0.3, 0.4) is 0 Å². The fraction of sp³-hybridized carbons (Fsp3) is 0.471. The van der Waals surface area contributed by atoms with E-state index in [4.69, 9.17) is 4.74 Å². The standard InChI is InChI=1S/C17H24N2O2/c1-3-12-18-17(20)13(2)19-14-8-10-16(11-9-14)21-15-6-4-5-7-15/h3,8-11,13,15,19H,1,4-7,12H2,2H3,(H,18,20). The van der Waals surface area contributed by atoms with Crippen molar-refractivity contribution in [3.8, 4) is 5.75 Å². The first-order valence-electron chi connectivity index (χ1n) is 7.61. The van der Waals surface area contributed by atoms with E-state index in [2.05, 4.69) is 17.2 Å². The summed E-state index contributed by atoms with van der Waals surface area (Å²) in [6.07, 6.45) is 6.87. The van der Waals surface area contributed by atoms with Gasteiger partial charge in [-0.3, -0.25) is 4.79 Å². The average molecular weight is 288 g/mol. The van der Waals surface area contributed by atoms with Crippen LogP contribution in [0.5, 0.6) is 5.75 Å². The Hall–Kier alpha value is -1.97. The molecule has 0 bridgehead atoms. The highest BCUT2D eigenvalue weighted by Gasteiger charge is 2.16. The van der Waals surface area contributed by atoms with Gasteiger partial charge in [0.1, 0.15) is 11.8 Å². The number of hydrogen-bond acceptors (Lipinski definition) is 3. The summed E-state index contributed by atoms with van der Waals surface area (Å²) < 4.78 is 5.92. The molecule has 0 aliphatic heterocycles. The lowest BCUT2D eigenvalue weighted by atomic mass is 10.2. The van der Waals surface area contributed by atoms with E-state index in [1.807, 2.05) is 31.2 Å². The smallest absolute Gasteiger partial charge is 0.242 e. The summed E-state index contributed by atoms with van der Waals surface area (Å²) in [4.78, 5) is 11.8. The third kappa shape index (κ3) is 4.81. The molecule has 1 atom stereocenters. The molecule has 0 heterocycles. The molecule has 21 heavy (non-hydrogen) atoms. The van der Waals surface area contributed by atoms with Gasteiger partial charge in [0.2, 0.25) is 5.91 Å². The van der Waals surface area contributed by atoms with Gasteiger partial charge >= 0.3 is 0 Å². The minimum Gasteiger partial charge on any atom is -0.490 e. The minimum atomic E-state index is -0.286.